The third-order valence-electron chi connectivity index (χ3n) is 3.41. The van der Waals surface area contributed by atoms with Crippen molar-refractivity contribution in [2.24, 2.45) is 5.73 Å². The maximum absolute atomic E-state index is 12.4. The molecule has 110 valence electrons. The summed E-state index contributed by atoms with van der Waals surface area (Å²) in [5.41, 5.74) is 6.59. The zero-order valence-electron chi connectivity index (χ0n) is 11.7. The van der Waals surface area contributed by atoms with E-state index >= 15 is 0 Å². The van der Waals surface area contributed by atoms with E-state index in [1.165, 1.54) is 0 Å². The summed E-state index contributed by atoms with van der Waals surface area (Å²) in [6.07, 6.45) is 0. The van der Waals surface area contributed by atoms with Crippen molar-refractivity contribution in [3.05, 3.63) is 71.1 Å². The van der Waals surface area contributed by atoms with Gasteiger partial charge in [0, 0.05) is 10.3 Å². The van der Waals surface area contributed by atoms with Gasteiger partial charge in [0.2, 0.25) is 5.91 Å². The molecule has 4 nitrogen and oxygen atoms in total. The molecule has 3 aromatic rings. The molecule has 2 aromatic carbocycles. The first-order chi connectivity index (χ1) is 10.6. The van der Waals surface area contributed by atoms with E-state index in [-0.39, 0.29) is 5.91 Å². The summed E-state index contributed by atoms with van der Waals surface area (Å²) in [4.78, 5) is 24.0. The smallest absolute Gasteiger partial charge is 0.252 e. The Morgan fingerprint density at radius 1 is 1.05 bits per heavy atom. The topological polar surface area (TPSA) is 72.2 Å². The fourth-order valence-corrected chi connectivity index (χ4v) is 3.06. The van der Waals surface area contributed by atoms with Crippen molar-refractivity contribution in [3.8, 4) is 0 Å². The third-order valence-corrected chi connectivity index (χ3v) is 4.31. The number of nitrogens with one attached hydrogen (secondary N) is 1. The lowest BCUT2D eigenvalue weighted by molar-refractivity contribution is -0.120. The minimum atomic E-state index is -0.841. The van der Waals surface area contributed by atoms with E-state index in [0.29, 0.717) is 11.1 Å². The number of hydrogen-bond acceptors (Lipinski definition) is 3. The quantitative estimate of drug-likeness (QED) is 0.778. The van der Waals surface area contributed by atoms with Crippen molar-refractivity contribution in [1.82, 2.24) is 5.32 Å². The average molecular weight is 310 g/mol. The van der Waals surface area contributed by atoms with Crippen molar-refractivity contribution < 1.29 is 9.59 Å². The Balaban J connectivity index is 1.86. The van der Waals surface area contributed by atoms with E-state index in [1.54, 1.807) is 41.7 Å². The van der Waals surface area contributed by atoms with Gasteiger partial charge in [-0.1, -0.05) is 30.3 Å². The lowest BCUT2D eigenvalue weighted by Crippen LogP contribution is -2.37. The summed E-state index contributed by atoms with van der Waals surface area (Å²) < 4.78 is 1.12. The van der Waals surface area contributed by atoms with Gasteiger partial charge >= 0.3 is 0 Å². The fraction of sp³-hybridized carbons (Fsp3) is 0.0588. The first-order valence-corrected chi connectivity index (χ1v) is 7.65. The third kappa shape index (κ3) is 2.84. The molecule has 0 aliphatic heterocycles. The van der Waals surface area contributed by atoms with Crippen LogP contribution in [0.1, 0.15) is 22.0 Å². The highest BCUT2D eigenvalue weighted by atomic mass is 32.1. The van der Waals surface area contributed by atoms with Crippen LogP contribution in [0.2, 0.25) is 0 Å². The van der Waals surface area contributed by atoms with Crippen molar-refractivity contribution in [2.75, 3.05) is 0 Å². The van der Waals surface area contributed by atoms with Gasteiger partial charge < -0.3 is 11.1 Å². The Morgan fingerprint density at radius 2 is 1.82 bits per heavy atom. The molecule has 0 saturated heterocycles. The average Bonchev–Trinajstić information content (AvgIpc) is 3.00. The van der Waals surface area contributed by atoms with Crippen LogP contribution >= 0.6 is 11.3 Å². The van der Waals surface area contributed by atoms with Gasteiger partial charge in [-0.2, -0.15) is 0 Å². The number of thiophene rings is 1. The second-order valence-corrected chi connectivity index (χ2v) is 5.84. The Labute approximate surface area is 131 Å². The summed E-state index contributed by atoms with van der Waals surface area (Å²) in [5, 5.41) is 5.68. The van der Waals surface area contributed by atoms with Gasteiger partial charge in [0.1, 0.15) is 6.04 Å². The van der Waals surface area contributed by atoms with Crippen LogP contribution in [0.5, 0.6) is 0 Å². The molecular formula is C17H14N2O2S. The largest absolute Gasteiger partial charge is 0.368 e. The molecule has 2 amide bonds. The van der Waals surface area contributed by atoms with Crippen LogP contribution in [0.15, 0.2) is 60.0 Å². The molecule has 0 radical (unpaired) electrons. The molecule has 0 saturated carbocycles. The Kier molecular flexibility index (Phi) is 3.89. The summed E-state index contributed by atoms with van der Waals surface area (Å²) in [6, 6.07) is 15.5. The number of hydrogen-bond donors (Lipinski definition) is 2. The van der Waals surface area contributed by atoms with Crippen molar-refractivity contribution in [2.45, 2.75) is 6.04 Å². The van der Waals surface area contributed by atoms with E-state index in [0.717, 1.165) is 10.1 Å². The van der Waals surface area contributed by atoms with E-state index in [9.17, 15) is 9.59 Å². The van der Waals surface area contributed by atoms with Crippen LogP contribution in [0.25, 0.3) is 10.1 Å². The maximum atomic E-state index is 12.4. The van der Waals surface area contributed by atoms with Gasteiger partial charge in [0.25, 0.3) is 5.91 Å². The van der Waals surface area contributed by atoms with Crippen LogP contribution in [-0.2, 0) is 4.79 Å². The summed E-state index contributed by atoms with van der Waals surface area (Å²) in [6.45, 7) is 0. The number of amides is 2. The fourth-order valence-electron chi connectivity index (χ4n) is 2.29. The highest BCUT2D eigenvalue weighted by Crippen LogP contribution is 2.22. The maximum Gasteiger partial charge on any atom is 0.252 e. The van der Waals surface area contributed by atoms with Crippen LogP contribution in [0.4, 0.5) is 0 Å². The summed E-state index contributed by atoms with van der Waals surface area (Å²) >= 11 is 1.62. The molecule has 1 heterocycles. The molecule has 0 fully saturated rings. The number of fused-ring (bicyclic) bond motifs is 1. The van der Waals surface area contributed by atoms with Gasteiger partial charge in [-0.25, -0.2) is 0 Å². The molecule has 22 heavy (non-hydrogen) atoms. The zero-order chi connectivity index (χ0) is 15.5. The van der Waals surface area contributed by atoms with Crippen molar-refractivity contribution in [1.29, 1.82) is 0 Å². The Bertz CT molecular complexity index is 827. The van der Waals surface area contributed by atoms with Gasteiger partial charge in [-0.05, 0) is 40.6 Å². The van der Waals surface area contributed by atoms with Gasteiger partial charge in [0.15, 0.2) is 0 Å². The molecule has 0 bridgehead atoms. The number of nitrogens with two attached hydrogens (primary N) is 1. The molecule has 3 N–H and O–H groups in total. The molecular weight excluding hydrogens is 296 g/mol. The molecule has 0 aliphatic rings. The molecule has 0 spiro atoms. The number of primary amides is 1. The SMILES string of the molecule is NC(=O)C(NC(=O)c1ccc2sccc2c1)c1ccccc1. The van der Waals surface area contributed by atoms with Crippen LogP contribution in [-0.4, -0.2) is 11.8 Å². The highest BCUT2D eigenvalue weighted by Gasteiger charge is 2.20. The molecule has 1 atom stereocenters. The first-order valence-electron chi connectivity index (χ1n) is 6.77. The first kappa shape index (κ1) is 14.3. The molecule has 1 aromatic heterocycles. The monoisotopic (exact) mass is 310 g/mol. The molecule has 5 heteroatoms. The van der Waals surface area contributed by atoms with Crippen LogP contribution in [0.3, 0.4) is 0 Å². The van der Waals surface area contributed by atoms with E-state index in [1.807, 2.05) is 29.6 Å². The Morgan fingerprint density at radius 3 is 2.55 bits per heavy atom. The number of rotatable bonds is 4. The van der Waals surface area contributed by atoms with E-state index in [2.05, 4.69) is 5.32 Å². The number of carbonyl (C=O) groups excluding carboxylic acids is 2. The highest BCUT2D eigenvalue weighted by molar-refractivity contribution is 7.17. The van der Waals surface area contributed by atoms with Gasteiger partial charge in [-0.3, -0.25) is 9.59 Å². The molecule has 0 aliphatic carbocycles. The van der Waals surface area contributed by atoms with Crippen molar-refractivity contribution in [3.63, 3.8) is 0 Å². The summed E-state index contributed by atoms with van der Waals surface area (Å²) in [7, 11) is 0. The molecule has 1 unspecified atom stereocenters. The lowest BCUT2D eigenvalue weighted by atomic mass is 10.1. The summed E-state index contributed by atoms with van der Waals surface area (Å²) in [5.74, 6) is -0.906. The normalized spacial score (nSPS) is 12.0. The second kappa shape index (κ2) is 5.99. The van der Waals surface area contributed by atoms with E-state index < -0.39 is 11.9 Å². The standard InChI is InChI=1S/C17H14N2O2S/c18-16(20)15(11-4-2-1-3-5-11)19-17(21)13-6-7-14-12(10-13)8-9-22-14/h1-10,15H,(H2,18,20)(H,19,21). The number of carbonyl (C=O) groups is 2. The van der Waals surface area contributed by atoms with Crippen LogP contribution < -0.4 is 11.1 Å². The Hall–Kier alpha value is -2.66. The lowest BCUT2D eigenvalue weighted by Gasteiger charge is -2.16. The van der Waals surface area contributed by atoms with Gasteiger partial charge in [-0.15, -0.1) is 11.3 Å². The number of benzene rings is 2. The van der Waals surface area contributed by atoms with Gasteiger partial charge in [0.05, 0.1) is 0 Å². The van der Waals surface area contributed by atoms with Crippen molar-refractivity contribution >= 4 is 33.2 Å². The minimum absolute atomic E-state index is 0.319. The zero-order valence-corrected chi connectivity index (χ0v) is 12.5. The predicted octanol–water partition coefficient (Wildman–Crippen LogP) is 2.86. The van der Waals surface area contributed by atoms with Crippen LogP contribution in [0, 0.1) is 0 Å². The minimum Gasteiger partial charge on any atom is -0.368 e. The van der Waals surface area contributed by atoms with E-state index in [4.69, 9.17) is 5.73 Å². The second-order valence-electron chi connectivity index (χ2n) is 4.89. The predicted molar refractivity (Wildman–Crippen MR) is 87.7 cm³/mol. The molecule has 3 rings (SSSR count).